The van der Waals surface area contributed by atoms with Gasteiger partial charge in [-0.1, -0.05) is 43.4 Å². The third kappa shape index (κ3) is 4.81. The highest BCUT2D eigenvalue weighted by Crippen LogP contribution is 2.32. The van der Waals surface area contributed by atoms with Gasteiger partial charge in [0.2, 0.25) is 5.91 Å². The van der Waals surface area contributed by atoms with Gasteiger partial charge in [0.05, 0.1) is 16.6 Å². The topological polar surface area (TPSA) is 36.4 Å². The summed E-state index contributed by atoms with van der Waals surface area (Å²) in [4.78, 5) is 23.2. The van der Waals surface area contributed by atoms with Gasteiger partial charge in [-0.05, 0) is 48.7 Å². The van der Waals surface area contributed by atoms with Crippen molar-refractivity contribution < 1.29 is 4.79 Å². The molecule has 0 atom stereocenters. The minimum Gasteiger partial charge on any atom is -0.345 e. The van der Waals surface area contributed by atoms with Crippen LogP contribution < -0.4 is 4.90 Å². The van der Waals surface area contributed by atoms with Crippen molar-refractivity contribution in [2.75, 3.05) is 31.1 Å². The fraction of sp³-hybridized carbons (Fsp3) is 0.417. The Morgan fingerprint density at radius 2 is 1.80 bits per heavy atom. The second-order valence-electron chi connectivity index (χ2n) is 8.28. The van der Waals surface area contributed by atoms with Gasteiger partial charge in [-0.15, -0.1) is 11.8 Å². The average molecular weight is 440 g/mol. The summed E-state index contributed by atoms with van der Waals surface area (Å²) in [6.45, 7) is 11.8. The molecule has 0 saturated carbocycles. The summed E-state index contributed by atoms with van der Waals surface area (Å²) in [5.41, 5.74) is 4.71. The number of carbonyl (C=O) groups is 1. The normalized spacial score (nSPS) is 14.7. The fourth-order valence-electron chi connectivity index (χ4n) is 3.89. The molecular formula is C24H29N3OS2. The van der Waals surface area contributed by atoms with Crippen molar-refractivity contribution in [1.29, 1.82) is 0 Å². The molecule has 1 amide bonds. The van der Waals surface area contributed by atoms with Crippen LogP contribution in [0, 0.1) is 13.8 Å². The third-order valence-corrected chi connectivity index (χ3v) is 7.45. The van der Waals surface area contributed by atoms with Crippen LogP contribution in [0.15, 0.2) is 41.3 Å². The van der Waals surface area contributed by atoms with Gasteiger partial charge >= 0.3 is 0 Å². The van der Waals surface area contributed by atoms with Crippen molar-refractivity contribution in [2.45, 2.75) is 44.3 Å². The van der Waals surface area contributed by atoms with Crippen LogP contribution in [0.4, 0.5) is 5.13 Å². The molecule has 4 nitrogen and oxygen atoms in total. The number of thioether (sulfide) groups is 1. The van der Waals surface area contributed by atoms with E-state index in [0.717, 1.165) is 42.4 Å². The van der Waals surface area contributed by atoms with E-state index in [0.29, 0.717) is 11.7 Å². The number of hydrogen-bond donors (Lipinski definition) is 0. The van der Waals surface area contributed by atoms with Crippen LogP contribution in [0.3, 0.4) is 0 Å². The van der Waals surface area contributed by atoms with Crippen LogP contribution in [-0.4, -0.2) is 47.2 Å². The summed E-state index contributed by atoms with van der Waals surface area (Å²) < 4.78 is 1.25. The molecule has 1 aliphatic rings. The first-order valence-corrected chi connectivity index (χ1v) is 12.2. The van der Waals surface area contributed by atoms with Crippen molar-refractivity contribution in [3.63, 3.8) is 0 Å². The number of piperazine rings is 1. The monoisotopic (exact) mass is 439 g/mol. The van der Waals surface area contributed by atoms with Crippen LogP contribution in [0.5, 0.6) is 0 Å². The molecule has 0 unspecified atom stereocenters. The highest BCUT2D eigenvalue weighted by molar-refractivity contribution is 7.99. The number of fused-ring (bicyclic) bond motifs is 1. The van der Waals surface area contributed by atoms with Gasteiger partial charge in [0, 0.05) is 36.3 Å². The van der Waals surface area contributed by atoms with E-state index in [-0.39, 0.29) is 5.91 Å². The largest absolute Gasteiger partial charge is 0.345 e. The number of rotatable bonds is 5. The van der Waals surface area contributed by atoms with Gasteiger partial charge in [0.25, 0.3) is 0 Å². The van der Waals surface area contributed by atoms with E-state index >= 15 is 0 Å². The molecule has 2 heterocycles. The van der Waals surface area contributed by atoms with Crippen LogP contribution in [0.25, 0.3) is 10.2 Å². The molecular weight excluding hydrogens is 410 g/mol. The molecule has 0 N–H and O–H groups in total. The summed E-state index contributed by atoms with van der Waals surface area (Å²) in [5, 5.41) is 1.64. The molecule has 30 heavy (non-hydrogen) atoms. The summed E-state index contributed by atoms with van der Waals surface area (Å²) >= 11 is 3.61. The van der Waals surface area contributed by atoms with Gasteiger partial charge < -0.3 is 9.80 Å². The van der Waals surface area contributed by atoms with E-state index in [1.54, 1.807) is 11.3 Å². The molecule has 1 aromatic heterocycles. The Morgan fingerprint density at radius 1 is 1.10 bits per heavy atom. The lowest BCUT2D eigenvalue weighted by atomic mass is 10.1. The molecule has 0 aliphatic carbocycles. The Kier molecular flexibility index (Phi) is 6.34. The van der Waals surface area contributed by atoms with Crippen LogP contribution in [-0.2, 0) is 11.2 Å². The Morgan fingerprint density at radius 3 is 2.47 bits per heavy atom. The van der Waals surface area contributed by atoms with Crippen molar-refractivity contribution in [1.82, 2.24) is 9.88 Å². The SMILES string of the molecule is Cc1cc(C)c2nc(N3CCN(C(=O)Cc4ccc(SC(C)C)cc4)CC3)sc2c1. The van der Waals surface area contributed by atoms with Crippen LogP contribution in [0.2, 0.25) is 0 Å². The maximum atomic E-state index is 12.8. The predicted molar refractivity (Wildman–Crippen MR) is 129 cm³/mol. The molecule has 0 bridgehead atoms. The predicted octanol–water partition coefficient (Wildman–Crippen LogP) is 5.30. The zero-order valence-corrected chi connectivity index (χ0v) is 19.8. The van der Waals surface area contributed by atoms with Gasteiger partial charge in [0.15, 0.2) is 5.13 Å². The minimum absolute atomic E-state index is 0.217. The second-order valence-corrected chi connectivity index (χ2v) is 10.9. The molecule has 1 saturated heterocycles. The first-order chi connectivity index (χ1) is 14.4. The van der Waals surface area contributed by atoms with Gasteiger partial charge in [-0.2, -0.15) is 0 Å². The summed E-state index contributed by atoms with van der Waals surface area (Å²) in [7, 11) is 0. The molecule has 1 aliphatic heterocycles. The number of aryl methyl sites for hydroxylation is 2. The average Bonchev–Trinajstić information content (AvgIpc) is 3.13. The number of carbonyl (C=O) groups excluding carboxylic acids is 1. The first kappa shape index (κ1) is 21.2. The maximum Gasteiger partial charge on any atom is 0.227 e. The van der Waals surface area contributed by atoms with Crippen molar-refractivity contribution in [3.05, 3.63) is 53.1 Å². The third-order valence-electron chi connectivity index (χ3n) is 5.37. The molecule has 0 spiro atoms. The van der Waals surface area contributed by atoms with E-state index in [1.807, 2.05) is 16.7 Å². The number of amides is 1. The molecule has 2 aromatic carbocycles. The van der Waals surface area contributed by atoms with Gasteiger partial charge in [-0.3, -0.25) is 4.79 Å². The maximum absolute atomic E-state index is 12.8. The Balaban J connectivity index is 1.35. The molecule has 4 rings (SSSR count). The summed E-state index contributed by atoms with van der Waals surface area (Å²) in [6.07, 6.45) is 0.478. The molecule has 158 valence electrons. The molecule has 0 radical (unpaired) electrons. The molecule has 6 heteroatoms. The zero-order chi connectivity index (χ0) is 21.3. The Hall–Kier alpha value is -2.05. The van der Waals surface area contributed by atoms with Crippen molar-refractivity contribution in [2.24, 2.45) is 0 Å². The number of hydrogen-bond acceptors (Lipinski definition) is 5. The summed E-state index contributed by atoms with van der Waals surface area (Å²) in [5.74, 6) is 0.217. The number of benzene rings is 2. The van der Waals surface area contributed by atoms with Crippen molar-refractivity contribution in [3.8, 4) is 0 Å². The van der Waals surface area contributed by atoms with Gasteiger partial charge in [-0.25, -0.2) is 4.98 Å². The van der Waals surface area contributed by atoms with E-state index in [2.05, 4.69) is 69.0 Å². The van der Waals surface area contributed by atoms with Crippen LogP contribution >= 0.6 is 23.1 Å². The molecule has 1 fully saturated rings. The number of anilines is 1. The number of thiazole rings is 1. The Labute approximate surface area is 187 Å². The second kappa shape index (κ2) is 8.98. The zero-order valence-electron chi connectivity index (χ0n) is 18.1. The summed E-state index contributed by atoms with van der Waals surface area (Å²) in [6, 6.07) is 12.8. The van der Waals surface area contributed by atoms with Crippen LogP contribution in [0.1, 0.15) is 30.5 Å². The smallest absolute Gasteiger partial charge is 0.227 e. The molecule has 3 aromatic rings. The quantitative estimate of drug-likeness (QED) is 0.505. The van der Waals surface area contributed by atoms with Gasteiger partial charge in [0.1, 0.15) is 0 Å². The Bertz CT molecular complexity index is 1030. The standard InChI is InChI=1S/C24H29N3OS2/c1-16(2)29-20-7-5-19(6-8-20)15-22(28)26-9-11-27(12-10-26)24-25-23-18(4)13-17(3)14-21(23)30-24/h5-8,13-14,16H,9-12,15H2,1-4H3. The van der Waals surface area contributed by atoms with Crippen molar-refractivity contribution >= 4 is 44.4 Å². The highest BCUT2D eigenvalue weighted by atomic mass is 32.2. The van der Waals surface area contributed by atoms with E-state index < -0.39 is 0 Å². The minimum atomic E-state index is 0.217. The number of aromatic nitrogens is 1. The highest BCUT2D eigenvalue weighted by Gasteiger charge is 2.23. The lowest BCUT2D eigenvalue weighted by molar-refractivity contribution is -0.130. The lowest BCUT2D eigenvalue weighted by Gasteiger charge is -2.34. The number of nitrogens with zero attached hydrogens (tertiary/aromatic N) is 3. The lowest BCUT2D eigenvalue weighted by Crippen LogP contribution is -2.49. The van der Waals surface area contributed by atoms with E-state index in [9.17, 15) is 4.79 Å². The first-order valence-electron chi connectivity index (χ1n) is 10.5. The van der Waals surface area contributed by atoms with E-state index in [1.165, 1.54) is 20.7 Å². The fourth-order valence-corrected chi connectivity index (χ4v) is 5.92. The van der Waals surface area contributed by atoms with E-state index in [4.69, 9.17) is 4.98 Å².